The van der Waals surface area contributed by atoms with Gasteiger partial charge in [-0.25, -0.2) is 0 Å². The van der Waals surface area contributed by atoms with Crippen LogP contribution in [-0.4, -0.2) is 101 Å². The zero-order chi connectivity index (χ0) is 34.9. The Morgan fingerprint density at radius 1 is 0.959 bits per heavy atom. The van der Waals surface area contributed by atoms with Gasteiger partial charge in [-0.1, -0.05) is 34.6 Å². The highest BCUT2D eigenvalue weighted by molar-refractivity contribution is 5.79. The Hall–Kier alpha value is -0.810. The maximum atomic E-state index is 13.3. The maximum Gasteiger partial charge on any atom is 0.226 e. The van der Waals surface area contributed by atoms with Gasteiger partial charge in [0, 0.05) is 31.1 Å². The number of aliphatic hydroxyl groups is 3. The molecule has 9 heteroatoms. The van der Waals surface area contributed by atoms with E-state index in [1.807, 2.05) is 4.90 Å². The molecule has 0 radical (unpaired) electrons. The fraction of sp³-hybridized carbons (Fsp3) is 0.975. The summed E-state index contributed by atoms with van der Waals surface area (Å²) in [7, 11) is 0. The largest absolute Gasteiger partial charge is 0.390 e. The first kappa shape index (κ1) is 35.2. The van der Waals surface area contributed by atoms with Crippen LogP contribution in [0.15, 0.2) is 0 Å². The van der Waals surface area contributed by atoms with E-state index in [9.17, 15) is 20.1 Å². The van der Waals surface area contributed by atoms with Gasteiger partial charge < -0.3 is 39.2 Å². The number of hydrogen-bond donors (Lipinski definition) is 3. The molecule has 8 rings (SSSR count). The fourth-order valence-corrected chi connectivity index (χ4v) is 14.5. The number of ether oxygens (including phenoxy) is 4. The summed E-state index contributed by atoms with van der Waals surface area (Å²) >= 11 is 0. The van der Waals surface area contributed by atoms with Crippen LogP contribution in [-0.2, 0) is 23.7 Å². The van der Waals surface area contributed by atoms with Crippen LogP contribution in [0.5, 0.6) is 0 Å². The molecule has 3 heterocycles. The summed E-state index contributed by atoms with van der Waals surface area (Å²) in [6.45, 7) is 18.3. The van der Waals surface area contributed by atoms with E-state index in [2.05, 4.69) is 34.6 Å². The normalized spacial score (nSPS) is 51.5. The summed E-state index contributed by atoms with van der Waals surface area (Å²) in [5.41, 5.74) is -1.08. The van der Waals surface area contributed by atoms with Gasteiger partial charge in [0.1, 0.15) is 6.10 Å². The molecule has 3 N–H and O–H groups in total. The quantitative estimate of drug-likeness (QED) is 0.373. The topological polar surface area (TPSA) is 118 Å². The number of fused-ring (bicyclic) bond motifs is 4. The molecule has 0 bridgehead atoms. The molecule has 14 atom stereocenters. The van der Waals surface area contributed by atoms with Crippen LogP contribution in [0.25, 0.3) is 0 Å². The number of carbonyl (C=O) groups is 1. The number of carbonyl (C=O) groups excluding carboxylic acids is 1. The Labute approximate surface area is 294 Å². The van der Waals surface area contributed by atoms with Gasteiger partial charge in [-0.2, -0.15) is 0 Å². The van der Waals surface area contributed by atoms with Crippen molar-refractivity contribution in [1.82, 2.24) is 4.90 Å². The van der Waals surface area contributed by atoms with Crippen LogP contribution in [0.3, 0.4) is 0 Å². The number of rotatable bonds is 5. The number of amides is 1. The van der Waals surface area contributed by atoms with Crippen LogP contribution >= 0.6 is 0 Å². The molecule has 49 heavy (non-hydrogen) atoms. The van der Waals surface area contributed by atoms with E-state index in [1.54, 1.807) is 13.8 Å². The number of nitrogens with zero attached hydrogens (tertiary/aromatic N) is 1. The lowest BCUT2D eigenvalue weighted by molar-refractivity contribution is -0.248. The van der Waals surface area contributed by atoms with Crippen molar-refractivity contribution < 1.29 is 39.1 Å². The molecule has 1 amide bonds. The Morgan fingerprint density at radius 3 is 2.37 bits per heavy atom. The lowest BCUT2D eigenvalue weighted by Crippen LogP contribution is -2.60. The molecule has 8 fully saturated rings. The van der Waals surface area contributed by atoms with Gasteiger partial charge in [-0.3, -0.25) is 4.79 Å². The van der Waals surface area contributed by atoms with Crippen LogP contribution < -0.4 is 0 Å². The van der Waals surface area contributed by atoms with E-state index >= 15 is 0 Å². The first-order valence-electron chi connectivity index (χ1n) is 19.9. The average Bonchev–Trinajstić information content (AvgIpc) is 3.70. The standard InChI is InChI=1S/C40H65NO8/c1-23-20-25(32(42)36(4,5)45)48-31-30(23)37(6)14-15-40-22-39(40)13-10-28(35(2,3)26(39)8-9-27(40)38(37,7)33(31)43)49-29-21-41(16-19-47-29)34(44)24-11-17-46-18-12-24/h23-33,42-43,45H,8-22H2,1-7H3/t23-,25+,26+,27?,28?,29?,30?,31?,32?,33+,37?,38-,39?,40?/m1/s1. The molecule has 0 aromatic heterocycles. The smallest absolute Gasteiger partial charge is 0.226 e. The molecule has 9 unspecified atom stereocenters. The SMILES string of the molecule is C[C@@H]1C[C@@H](C(O)C(C)(C)O)OC2C1C1(C)CCC34CC35CCC(OC3CN(C(=O)C6CCOCC6)CCO3)C(C)(C)[C@@H]5CCC4[C@]1(C)[C@H]2O. The second kappa shape index (κ2) is 11.6. The lowest BCUT2D eigenvalue weighted by atomic mass is 9.41. The lowest BCUT2D eigenvalue weighted by Gasteiger charge is -2.64. The highest BCUT2D eigenvalue weighted by atomic mass is 16.7. The third-order valence-corrected chi connectivity index (χ3v) is 17.1. The van der Waals surface area contributed by atoms with Crippen molar-refractivity contribution in [1.29, 1.82) is 0 Å². The minimum atomic E-state index is -1.26. The summed E-state index contributed by atoms with van der Waals surface area (Å²) in [4.78, 5) is 15.3. The van der Waals surface area contributed by atoms with Crippen molar-refractivity contribution >= 4 is 5.91 Å². The molecular formula is C40H65NO8. The van der Waals surface area contributed by atoms with Gasteiger partial charge in [0.15, 0.2) is 6.29 Å². The fourth-order valence-electron chi connectivity index (χ4n) is 14.5. The third-order valence-electron chi connectivity index (χ3n) is 17.1. The second-order valence-electron chi connectivity index (χ2n) is 19.7. The van der Waals surface area contributed by atoms with Gasteiger partial charge in [0.05, 0.1) is 43.2 Å². The third kappa shape index (κ3) is 4.83. The molecule has 5 saturated carbocycles. The average molecular weight is 688 g/mol. The number of aliphatic hydroxyl groups excluding tert-OH is 2. The molecule has 2 spiro atoms. The Kier molecular flexibility index (Phi) is 8.34. The van der Waals surface area contributed by atoms with Crippen LogP contribution in [0.2, 0.25) is 0 Å². The molecule has 0 aromatic carbocycles. The minimum absolute atomic E-state index is 0.0227. The zero-order valence-corrected chi connectivity index (χ0v) is 31.3. The van der Waals surface area contributed by atoms with Crippen molar-refractivity contribution in [2.75, 3.05) is 32.9 Å². The number of morpholine rings is 1. The molecule has 278 valence electrons. The van der Waals surface area contributed by atoms with Gasteiger partial charge in [0.2, 0.25) is 5.91 Å². The molecule has 5 aliphatic carbocycles. The Balaban J connectivity index is 0.993. The molecule has 3 aliphatic heterocycles. The molecule has 3 saturated heterocycles. The summed E-state index contributed by atoms with van der Waals surface area (Å²) < 4.78 is 25.2. The van der Waals surface area contributed by atoms with Gasteiger partial charge >= 0.3 is 0 Å². The Bertz CT molecular complexity index is 1300. The first-order chi connectivity index (χ1) is 23.0. The van der Waals surface area contributed by atoms with E-state index in [-0.39, 0.29) is 69.2 Å². The molecular weight excluding hydrogens is 622 g/mol. The monoisotopic (exact) mass is 687 g/mol. The van der Waals surface area contributed by atoms with Crippen molar-refractivity contribution in [2.24, 2.45) is 56.7 Å². The van der Waals surface area contributed by atoms with Gasteiger partial charge in [-0.05, 0) is 123 Å². The first-order valence-corrected chi connectivity index (χ1v) is 19.9. The highest BCUT2D eigenvalue weighted by Gasteiger charge is 2.84. The summed E-state index contributed by atoms with van der Waals surface area (Å²) in [6, 6.07) is 0. The van der Waals surface area contributed by atoms with Crippen LogP contribution in [0, 0.1) is 56.7 Å². The summed E-state index contributed by atoms with van der Waals surface area (Å²) in [6.07, 6.45) is 7.61. The Morgan fingerprint density at radius 2 is 1.65 bits per heavy atom. The molecule has 9 nitrogen and oxygen atoms in total. The van der Waals surface area contributed by atoms with Crippen LogP contribution in [0.4, 0.5) is 0 Å². The minimum Gasteiger partial charge on any atom is -0.390 e. The van der Waals surface area contributed by atoms with Crippen molar-refractivity contribution in [3.63, 3.8) is 0 Å². The zero-order valence-electron chi connectivity index (χ0n) is 31.3. The predicted molar refractivity (Wildman–Crippen MR) is 183 cm³/mol. The van der Waals surface area contributed by atoms with Crippen molar-refractivity contribution in [3.8, 4) is 0 Å². The maximum absolute atomic E-state index is 13.3. The van der Waals surface area contributed by atoms with E-state index in [0.717, 1.165) is 44.9 Å². The molecule has 0 aromatic rings. The van der Waals surface area contributed by atoms with Crippen LogP contribution in [0.1, 0.15) is 113 Å². The predicted octanol–water partition coefficient (Wildman–Crippen LogP) is 4.93. The van der Waals surface area contributed by atoms with Gasteiger partial charge in [-0.15, -0.1) is 0 Å². The van der Waals surface area contributed by atoms with Crippen molar-refractivity contribution in [2.45, 2.75) is 155 Å². The highest BCUT2D eigenvalue weighted by Crippen LogP contribution is 2.89. The van der Waals surface area contributed by atoms with E-state index in [4.69, 9.17) is 18.9 Å². The number of hydrogen-bond acceptors (Lipinski definition) is 8. The second-order valence-corrected chi connectivity index (χ2v) is 19.7. The molecule has 8 aliphatic rings. The summed E-state index contributed by atoms with van der Waals surface area (Å²) in [5.74, 6) is 1.79. The van der Waals surface area contributed by atoms with Crippen molar-refractivity contribution in [3.05, 3.63) is 0 Å². The van der Waals surface area contributed by atoms with Gasteiger partial charge in [0.25, 0.3) is 0 Å². The van der Waals surface area contributed by atoms with E-state index < -0.39 is 23.9 Å². The summed E-state index contributed by atoms with van der Waals surface area (Å²) in [5, 5.41) is 34.2. The van der Waals surface area contributed by atoms with E-state index in [0.29, 0.717) is 51.2 Å². The van der Waals surface area contributed by atoms with E-state index in [1.165, 1.54) is 12.8 Å².